The summed E-state index contributed by atoms with van der Waals surface area (Å²) in [6.45, 7) is 1.29. The van der Waals surface area contributed by atoms with E-state index in [1.165, 1.54) is 0 Å². The maximum Gasteiger partial charge on any atom is 0.123 e. The van der Waals surface area contributed by atoms with Crippen LogP contribution >= 0.6 is 11.6 Å². The first-order valence-electron chi connectivity index (χ1n) is 6.00. The number of methoxy groups -OCH3 is 1. The van der Waals surface area contributed by atoms with Gasteiger partial charge in [-0.25, -0.2) is 0 Å². The molecular formula is C15H16ClNO2. The number of hydrogen-bond donors (Lipinski definition) is 2. The van der Waals surface area contributed by atoms with Gasteiger partial charge in [0.05, 0.1) is 7.11 Å². The van der Waals surface area contributed by atoms with Crippen molar-refractivity contribution in [1.82, 2.24) is 5.32 Å². The van der Waals surface area contributed by atoms with Crippen molar-refractivity contribution in [3.05, 3.63) is 58.6 Å². The molecule has 0 fully saturated rings. The Morgan fingerprint density at radius 2 is 2.00 bits per heavy atom. The second-order valence-corrected chi connectivity index (χ2v) is 4.66. The Morgan fingerprint density at radius 1 is 1.16 bits per heavy atom. The molecule has 19 heavy (non-hydrogen) atoms. The summed E-state index contributed by atoms with van der Waals surface area (Å²) in [6.07, 6.45) is 0. The Morgan fingerprint density at radius 3 is 2.68 bits per heavy atom. The molecule has 2 N–H and O–H groups in total. The molecule has 2 aromatic rings. The molecule has 0 amide bonds. The highest BCUT2D eigenvalue weighted by Gasteiger charge is 2.03. The van der Waals surface area contributed by atoms with Gasteiger partial charge in [0.1, 0.15) is 11.5 Å². The molecule has 0 aliphatic rings. The van der Waals surface area contributed by atoms with Crippen molar-refractivity contribution < 1.29 is 9.84 Å². The lowest BCUT2D eigenvalue weighted by atomic mass is 10.1. The van der Waals surface area contributed by atoms with Crippen LogP contribution in [0.25, 0.3) is 0 Å². The average Bonchev–Trinajstić information content (AvgIpc) is 2.40. The van der Waals surface area contributed by atoms with Crippen LogP contribution in [-0.4, -0.2) is 12.2 Å². The number of rotatable bonds is 5. The lowest BCUT2D eigenvalue weighted by Gasteiger charge is -2.08. The number of hydrogen-bond acceptors (Lipinski definition) is 3. The molecule has 0 unspecified atom stereocenters. The van der Waals surface area contributed by atoms with E-state index in [-0.39, 0.29) is 5.75 Å². The Hall–Kier alpha value is -1.71. The SMILES string of the molecule is COc1ccc(CNCc2cccc(Cl)c2)c(O)c1. The van der Waals surface area contributed by atoms with E-state index >= 15 is 0 Å². The predicted octanol–water partition coefficient (Wildman–Crippen LogP) is 3.34. The summed E-state index contributed by atoms with van der Waals surface area (Å²) < 4.78 is 5.04. The smallest absolute Gasteiger partial charge is 0.123 e. The fourth-order valence-corrected chi connectivity index (χ4v) is 2.02. The van der Waals surface area contributed by atoms with Crippen LogP contribution in [0.2, 0.25) is 5.02 Å². The van der Waals surface area contributed by atoms with Gasteiger partial charge < -0.3 is 15.2 Å². The van der Waals surface area contributed by atoms with Gasteiger partial charge in [0.25, 0.3) is 0 Å². The Labute approximate surface area is 117 Å². The first-order valence-corrected chi connectivity index (χ1v) is 6.38. The van der Waals surface area contributed by atoms with E-state index in [9.17, 15) is 5.11 Å². The van der Waals surface area contributed by atoms with Crippen LogP contribution in [-0.2, 0) is 13.1 Å². The van der Waals surface area contributed by atoms with Gasteiger partial charge in [-0.2, -0.15) is 0 Å². The molecule has 0 aromatic heterocycles. The number of benzene rings is 2. The van der Waals surface area contributed by atoms with Crippen LogP contribution in [0.1, 0.15) is 11.1 Å². The van der Waals surface area contributed by atoms with E-state index < -0.39 is 0 Å². The number of ether oxygens (including phenoxy) is 1. The van der Waals surface area contributed by atoms with Crippen molar-refractivity contribution in [2.75, 3.05) is 7.11 Å². The van der Waals surface area contributed by atoms with Gasteiger partial charge in [-0.3, -0.25) is 0 Å². The van der Waals surface area contributed by atoms with Crippen LogP contribution < -0.4 is 10.1 Å². The molecule has 0 bridgehead atoms. The van der Waals surface area contributed by atoms with Crippen LogP contribution in [0, 0.1) is 0 Å². The van der Waals surface area contributed by atoms with Crippen molar-refractivity contribution in [2.45, 2.75) is 13.1 Å². The molecule has 0 saturated heterocycles. The highest BCUT2D eigenvalue weighted by atomic mass is 35.5. The van der Waals surface area contributed by atoms with Crippen molar-refractivity contribution in [3.8, 4) is 11.5 Å². The molecule has 100 valence electrons. The lowest BCUT2D eigenvalue weighted by Crippen LogP contribution is -2.12. The van der Waals surface area contributed by atoms with Crippen LogP contribution in [0.15, 0.2) is 42.5 Å². The number of halogens is 1. The molecule has 0 atom stereocenters. The first kappa shape index (κ1) is 13.7. The quantitative estimate of drug-likeness (QED) is 0.881. The second kappa shape index (κ2) is 6.45. The zero-order valence-electron chi connectivity index (χ0n) is 10.7. The standard InChI is InChI=1S/C15H16ClNO2/c1-19-14-6-5-12(15(18)8-14)10-17-9-11-3-2-4-13(16)7-11/h2-8,17-18H,9-10H2,1H3. The van der Waals surface area contributed by atoms with E-state index in [0.29, 0.717) is 18.8 Å². The summed E-state index contributed by atoms with van der Waals surface area (Å²) in [5.41, 5.74) is 1.95. The monoisotopic (exact) mass is 277 g/mol. The summed E-state index contributed by atoms with van der Waals surface area (Å²) in [7, 11) is 1.58. The molecule has 0 saturated carbocycles. The summed E-state index contributed by atoms with van der Waals surface area (Å²) >= 11 is 5.92. The summed E-state index contributed by atoms with van der Waals surface area (Å²) in [5.74, 6) is 0.883. The maximum absolute atomic E-state index is 9.82. The van der Waals surface area contributed by atoms with Gasteiger partial charge in [0.15, 0.2) is 0 Å². The topological polar surface area (TPSA) is 41.5 Å². The Kier molecular flexibility index (Phi) is 4.66. The molecular weight excluding hydrogens is 262 g/mol. The summed E-state index contributed by atoms with van der Waals surface area (Å²) in [5, 5.41) is 13.8. The zero-order chi connectivity index (χ0) is 13.7. The molecule has 0 aliphatic carbocycles. The van der Waals surface area contributed by atoms with Crippen LogP contribution in [0.5, 0.6) is 11.5 Å². The van der Waals surface area contributed by atoms with E-state index in [0.717, 1.165) is 16.1 Å². The van der Waals surface area contributed by atoms with Crippen LogP contribution in [0.3, 0.4) is 0 Å². The zero-order valence-corrected chi connectivity index (χ0v) is 11.4. The van der Waals surface area contributed by atoms with Gasteiger partial charge in [-0.15, -0.1) is 0 Å². The normalized spacial score (nSPS) is 10.4. The Bertz CT molecular complexity index is 558. The largest absolute Gasteiger partial charge is 0.507 e. The number of nitrogens with one attached hydrogen (secondary N) is 1. The minimum atomic E-state index is 0.234. The molecule has 2 aromatic carbocycles. The van der Waals surface area contributed by atoms with Gasteiger partial charge in [0, 0.05) is 29.7 Å². The minimum Gasteiger partial charge on any atom is -0.507 e. The van der Waals surface area contributed by atoms with Gasteiger partial charge in [0.2, 0.25) is 0 Å². The van der Waals surface area contributed by atoms with E-state index in [1.54, 1.807) is 13.2 Å². The molecule has 4 heteroatoms. The van der Waals surface area contributed by atoms with E-state index in [1.807, 2.05) is 36.4 Å². The number of aromatic hydroxyl groups is 1. The third-order valence-electron chi connectivity index (χ3n) is 2.83. The predicted molar refractivity (Wildman–Crippen MR) is 76.7 cm³/mol. The van der Waals surface area contributed by atoms with E-state index in [2.05, 4.69) is 5.32 Å². The van der Waals surface area contributed by atoms with Crippen molar-refractivity contribution >= 4 is 11.6 Å². The molecule has 0 radical (unpaired) electrons. The lowest BCUT2D eigenvalue weighted by molar-refractivity contribution is 0.406. The first-order chi connectivity index (χ1) is 9.19. The van der Waals surface area contributed by atoms with Crippen molar-refractivity contribution in [1.29, 1.82) is 0 Å². The second-order valence-electron chi connectivity index (χ2n) is 4.23. The fraction of sp³-hybridized carbons (Fsp3) is 0.200. The summed E-state index contributed by atoms with van der Waals surface area (Å²) in [6, 6.07) is 13.0. The highest BCUT2D eigenvalue weighted by Crippen LogP contribution is 2.23. The molecule has 0 heterocycles. The number of phenols is 1. The third kappa shape index (κ3) is 3.88. The molecule has 0 spiro atoms. The highest BCUT2D eigenvalue weighted by molar-refractivity contribution is 6.30. The average molecular weight is 278 g/mol. The summed E-state index contributed by atoms with van der Waals surface area (Å²) in [4.78, 5) is 0. The minimum absolute atomic E-state index is 0.234. The fourth-order valence-electron chi connectivity index (χ4n) is 1.81. The maximum atomic E-state index is 9.82. The third-order valence-corrected chi connectivity index (χ3v) is 3.06. The molecule has 0 aliphatic heterocycles. The van der Waals surface area contributed by atoms with Crippen molar-refractivity contribution in [2.24, 2.45) is 0 Å². The Balaban J connectivity index is 1.92. The molecule has 3 nitrogen and oxygen atoms in total. The van der Waals surface area contributed by atoms with Crippen LogP contribution in [0.4, 0.5) is 0 Å². The molecule has 2 rings (SSSR count). The van der Waals surface area contributed by atoms with Gasteiger partial charge in [-0.05, 0) is 23.8 Å². The van der Waals surface area contributed by atoms with Crippen molar-refractivity contribution in [3.63, 3.8) is 0 Å². The number of phenolic OH excluding ortho intramolecular Hbond substituents is 1. The van der Waals surface area contributed by atoms with Gasteiger partial charge >= 0.3 is 0 Å². The van der Waals surface area contributed by atoms with E-state index in [4.69, 9.17) is 16.3 Å². The van der Waals surface area contributed by atoms with Gasteiger partial charge in [-0.1, -0.05) is 29.8 Å².